The molecule has 0 rings (SSSR count). The molecule has 0 saturated heterocycles. The van der Waals surface area contributed by atoms with Gasteiger partial charge in [-0.2, -0.15) is 0 Å². The zero-order valence-corrected chi connectivity index (χ0v) is 6.11. The molecule has 3 nitrogen and oxygen atoms in total. The van der Waals surface area contributed by atoms with Crippen molar-refractivity contribution in [3.63, 3.8) is 0 Å². The van der Waals surface area contributed by atoms with Gasteiger partial charge in [0.25, 0.3) is 0 Å². The van der Waals surface area contributed by atoms with Gasteiger partial charge in [0.15, 0.2) is 0 Å². The van der Waals surface area contributed by atoms with Crippen LogP contribution in [-0.4, -0.2) is 34.5 Å². The molecule has 0 aliphatic heterocycles. The van der Waals surface area contributed by atoms with Gasteiger partial charge in [-0.1, -0.05) is 12.2 Å². The average molecular weight is 149 g/mol. The lowest BCUT2D eigenvalue weighted by Crippen LogP contribution is -2.37. The van der Waals surface area contributed by atoms with Crippen LogP contribution in [0.5, 0.6) is 0 Å². The van der Waals surface area contributed by atoms with Crippen LogP contribution >= 0.6 is 12.2 Å². The first-order valence-electron chi connectivity index (χ1n) is 2.69. The van der Waals surface area contributed by atoms with E-state index in [1.807, 2.05) is 0 Å². The predicted octanol–water partition coefficient (Wildman–Crippen LogP) is -0.724. The average Bonchev–Trinajstić information content (AvgIpc) is 1.82. The molecule has 0 bridgehead atoms. The van der Waals surface area contributed by atoms with E-state index in [-0.39, 0.29) is 19.3 Å². The predicted molar refractivity (Wildman–Crippen MR) is 39.4 cm³/mol. The van der Waals surface area contributed by atoms with E-state index in [9.17, 15) is 0 Å². The maximum Gasteiger partial charge on any atom is 0.0727 e. The standard InChI is InChI=1S/C5H11NO2S/c1-4(9)6-5(2-7)3-8/h5,7-8H,2-3H2,1H3,(H,6,9). The van der Waals surface area contributed by atoms with Crippen molar-refractivity contribution in [2.45, 2.75) is 13.0 Å². The molecule has 0 fully saturated rings. The number of nitrogens with one attached hydrogen (secondary N) is 1. The maximum atomic E-state index is 8.49. The van der Waals surface area contributed by atoms with Crippen LogP contribution < -0.4 is 5.32 Å². The Kier molecular flexibility index (Phi) is 4.57. The SMILES string of the molecule is CC(=S)NC(CO)CO. The fraction of sp³-hybridized carbons (Fsp3) is 0.800. The van der Waals surface area contributed by atoms with Crippen molar-refractivity contribution in [1.29, 1.82) is 0 Å². The fourth-order valence-corrected chi connectivity index (χ4v) is 0.603. The van der Waals surface area contributed by atoms with E-state index < -0.39 is 0 Å². The van der Waals surface area contributed by atoms with Crippen LogP contribution in [0.1, 0.15) is 6.92 Å². The van der Waals surface area contributed by atoms with Crippen molar-refractivity contribution < 1.29 is 10.2 Å². The molecule has 4 heteroatoms. The molecule has 0 unspecified atom stereocenters. The summed E-state index contributed by atoms with van der Waals surface area (Å²) in [4.78, 5) is 0.586. The molecule has 0 atom stereocenters. The number of thiocarbonyl (C=S) groups is 1. The summed E-state index contributed by atoms with van der Waals surface area (Å²) in [5.74, 6) is 0. The highest BCUT2D eigenvalue weighted by Crippen LogP contribution is 1.79. The van der Waals surface area contributed by atoms with Crippen LogP contribution in [0.15, 0.2) is 0 Å². The van der Waals surface area contributed by atoms with Crippen molar-refractivity contribution in [1.82, 2.24) is 5.32 Å². The largest absolute Gasteiger partial charge is 0.394 e. The van der Waals surface area contributed by atoms with Gasteiger partial charge in [0.1, 0.15) is 0 Å². The summed E-state index contributed by atoms with van der Waals surface area (Å²) in [5, 5.41) is 19.7. The Morgan fingerprint density at radius 2 is 2.00 bits per heavy atom. The zero-order valence-electron chi connectivity index (χ0n) is 5.29. The highest BCUT2D eigenvalue weighted by molar-refractivity contribution is 7.80. The number of rotatable bonds is 3. The van der Waals surface area contributed by atoms with Gasteiger partial charge in [-0.3, -0.25) is 0 Å². The molecule has 0 aromatic rings. The molecule has 0 aromatic heterocycles. The molecule has 0 radical (unpaired) electrons. The van der Waals surface area contributed by atoms with Crippen LogP contribution in [0.2, 0.25) is 0 Å². The van der Waals surface area contributed by atoms with Crippen molar-refractivity contribution >= 4 is 17.2 Å². The molecular formula is C5H11NO2S. The number of aliphatic hydroxyl groups is 2. The van der Waals surface area contributed by atoms with E-state index >= 15 is 0 Å². The number of hydrogen-bond donors (Lipinski definition) is 3. The van der Waals surface area contributed by atoms with E-state index in [4.69, 9.17) is 10.2 Å². The van der Waals surface area contributed by atoms with Gasteiger partial charge in [-0.25, -0.2) is 0 Å². The summed E-state index contributed by atoms with van der Waals surface area (Å²) in [6.45, 7) is 1.52. The first kappa shape index (κ1) is 8.81. The lowest BCUT2D eigenvalue weighted by Gasteiger charge is -2.12. The molecule has 0 saturated carbocycles. The molecule has 9 heavy (non-hydrogen) atoms. The van der Waals surface area contributed by atoms with E-state index in [0.717, 1.165) is 0 Å². The van der Waals surface area contributed by atoms with Crippen molar-refractivity contribution in [2.75, 3.05) is 13.2 Å². The minimum Gasteiger partial charge on any atom is -0.394 e. The fourth-order valence-electron chi connectivity index (χ4n) is 0.436. The van der Waals surface area contributed by atoms with Gasteiger partial charge < -0.3 is 15.5 Å². The Labute approximate surface area is 59.7 Å². The topological polar surface area (TPSA) is 52.5 Å². The normalized spacial score (nSPS) is 9.78. The Bertz CT molecular complexity index is 93.0. The second-order valence-corrected chi connectivity index (χ2v) is 2.37. The van der Waals surface area contributed by atoms with Crippen molar-refractivity contribution in [3.05, 3.63) is 0 Å². The van der Waals surface area contributed by atoms with Gasteiger partial charge in [0.2, 0.25) is 0 Å². The highest BCUT2D eigenvalue weighted by atomic mass is 32.1. The van der Waals surface area contributed by atoms with E-state index in [0.29, 0.717) is 4.99 Å². The minimum atomic E-state index is -0.303. The second-order valence-electron chi connectivity index (χ2n) is 1.76. The second kappa shape index (κ2) is 4.67. The van der Waals surface area contributed by atoms with Gasteiger partial charge >= 0.3 is 0 Å². The quantitative estimate of drug-likeness (QED) is 0.463. The Balaban J connectivity index is 3.43. The van der Waals surface area contributed by atoms with Crippen LogP contribution in [0.3, 0.4) is 0 Å². The third-order valence-electron chi connectivity index (χ3n) is 0.848. The Morgan fingerprint density at radius 3 is 2.11 bits per heavy atom. The van der Waals surface area contributed by atoms with Crippen LogP contribution in [0, 0.1) is 0 Å². The smallest absolute Gasteiger partial charge is 0.0727 e. The molecule has 0 aliphatic carbocycles. The molecule has 54 valence electrons. The summed E-state index contributed by atoms with van der Waals surface area (Å²) in [7, 11) is 0. The van der Waals surface area contributed by atoms with Gasteiger partial charge in [-0.15, -0.1) is 0 Å². The molecular weight excluding hydrogens is 138 g/mol. The first-order chi connectivity index (χ1) is 4.20. The van der Waals surface area contributed by atoms with Crippen LogP contribution in [-0.2, 0) is 0 Å². The highest BCUT2D eigenvalue weighted by Gasteiger charge is 2.02. The summed E-state index contributed by atoms with van der Waals surface area (Å²) in [6.07, 6.45) is 0. The summed E-state index contributed by atoms with van der Waals surface area (Å²) in [6, 6.07) is -0.303. The third kappa shape index (κ3) is 4.32. The molecule has 0 aliphatic rings. The lowest BCUT2D eigenvalue weighted by molar-refractivity contribution is 0.183. The number of hydrogen-bond acceptors (Lipinski definition) is 3. The van der Waals surface area contributed by atoms with Crippen molar-refractivity contribution in [3.8, 4) is 0 Å². The van der Waals surface area contributed by atoms with Crippen molar-refractivity contribution in [2.24, 2.45) is 0 Å². The first-order valence-corrected chi connectivity index (χ1v) is 3.10. The van der Waals surface area contributed by atoms with Crippen LogP contribution in [0.25, 0.3) is 0 Å². The molecule has 0 spiro atoms. The minimum absolute atomic E-state index is 0.0928. The van der Waals surface area contributed by atoms with Crippen LogP contribution in [0.4, 0.5) is 0 Å². The monoisotopic (exact) mass is 149 g/mol. The summed E-state index contributed by atoms with van der Waals surface area (Å²) < 4.78 is 0. The third-order valence-corrected chi connectivity index (χ3v) is 0.966. The van der Waals surface area contributed by atoms with E-state index in [1.54, 1.807) is 6.92 Å². The number of aliphatic hydroxyl groups excluding tert-OH is 2. The molecule has 0 aromatic carbocycles. The zero-order chi connectivity index (χ0) is 7.28. The molecule has 0 amide bonds. The van der Waals surface area contributed by atoms with Gasteiger partial charge in [0.05, 0.1) is 24.2 Å². The van der Waals surface area contributed by atoms with Gasteiger partial charge in [0, 0.05) is 0 Å². The maximum absolute atomic E-state index is 8.49. The van der Waals surface area contributed by atoms with E-state index in [2.05, 4.69) is 17.5 Å². The van der Waals surface area contributed by atoms with E-state index in [1.165, 1.54) is 0 Å². The Morgan fingerprint density at radius 1 is 1.56 bits per heavy atom. The Hall–Kier alpha value is -0.190. The lowest BCUT2D eigenvalue weighted by atomic mass is 10.3. The molecule has 3 N–H and O–H groups in total. The summed E-state index contributed by atoms with van der Waals surface area (Å²) in [5.41, 5.74) is 0. The van der Waals surface area contributed by atoms with Gasteiger partial charge in [-0.05, 0) is 6.92 Å². The molecule has 0 heterocycles. The summed E-state index contributed by atoms with van der Waals surface area (Å²) >= 11 is 4.67.